The highest BCUT2D eigenvalue weighted by atomic mass is 32.1. The molecule has 0 aliphatic heterocycles. The van der Waals surface area contributed by atoms with Crippen LogP contribution in [0.1, 0.15) is 21.6 Å². The van der Waals surface area contributed by atoms with Crippen molar-refractivity contribution < 1.29 is 14.0 Å². The highest BCUT2D eigenvalue weighted by Crippen LogP contribution is 2.19. The molecular weight excluding hydrogens is 367 g/mol. The molecular formula is C19H17FN4O2S. The van der Waals surface area contributed by atoms with Crippen molar-refractivity contribution >= 4 is 39.8 Å². The van der Waals surface area contributed by atoms with Gasteiger partial charge in [0.25, 0.3) is 5.91 Å². The number of nitrogens with one attached hydrogen (secondary N) is 3. The molecule has 0 atom stereocenters. The van der Waals surface area contributed by atoms with Gasteiger partial charge in [-0.3, -0.25) is 10.1 Å². The maximum Gasteiger partial charge on any atom is 0.325 e. The minimum Gasteiger partial charge on any atom is -0.321 e. The topological polar surface area (TPSA) is 83.1 Å². The Morgan fingerprint density at radius 1 is 1.00 bits per heavy atom. The number of halogens is 1. The SMILES string of the molecule is Cc1cccc(NC(=O)Nc2nc(C(=O)Nc3ccc(C)c(F)c3)cs2)c1. The number of amides is 3. The Labute approximate surface area is 159 Å². The Balaban J connectivity index is 1.61. The standard InChI is InChI=1S/C19H17FN4O2S/c1-11-4-3-5-13(8-11)22-18(26)24-19-23-16(10-27-19)17(25)21-14-7-6-12(2)15(20)9-14/h3-10H,1-2H3,(H,21,25)(H2,22,23,24,26). The molecule has 0 bridgehead atoms. The second kappa shape index (κ2) is 7.96. The fourth-order valence-corrected chi connectivity index (χ4v) is 2.97. The molecule has 0 aliphatic carbocycles. The summed E-state index contributed by atoms with van der Waals surface area (Å²) in [5.74, 6) is -0.886. The molecule has 6 nitrogen and oxygen atoms in total. The number of carbonyl (C=O) groups excluding carboxylic acids is 2. The number of urea groups is 1. The zero-order valence-electron chi connectivity index (χ0n) is 14.7. The summed E-state index contributed by atoms with van der Waals surface area (Å²) in [5.41, 5.74) is 2.64. The lowest BCUT2D eigenvalue weighted by molar-refractivity contribution is 0.102. The molecule has 3 rings (SSSR count). The van der Waals surface area contributed by atoms with Crippen molar-refractivity contribution in [2.75, 3.05) is 16.0 Å². The fraction of sp³-hybridized carbons (Fsp3) is 0.105. The Bertz CT molecular complexity index is 1000. The van der Waals surface area contributed by atoms with Gasteiger partial charge in [-0.15, -0.1) is 11.3 Å². The van der Waals surface area contributed by atoms with Crippen molar-refractivity contribution in [3.8, 4) is 0 Å². The van der Waals surface area contributed by atoms with Gasteiger partial charge in [0.1, 0.15) is 11.5 Å². The van der Waals surface area contributed by atoms with Crippen LogP contribution in [0, 0.1) is 19.7 Å². The molecule has 3 amide bonds. The second-order valence-corrected chi connectivity index (χ2v) is 6.76. The van der Waals surface area contributed by atoms with E-state index in [1.807, 2.05) is 25.1 Å². The van der Waals surface area contributed by atoms with E-state index in [4.69, 9.17) is 0 Å². The van der Waals surface area contributed by atoms with E-state index in [2.05, 4.69) is 20.9 Å². The van der Waals surface area contributed by atoms with Gasteiger partial charge < -0.3 is 10.6 Å². The van der Waals surface area contributed by atoms with E-state index in [1.165, 1.54) is 11.4 Å². The Morgan fingerprint density at radius 2 is 1.78 bits per heavy atom. The molecule has 1 aromatic heterocycles. The van der Waals surface area contributed by atoms with Gasteiger partial charge in [0, 0.05) is 16.8 Å². The number of hydrogen-bond acceptors (Lipinski definition) is 4. The third-order valence-corrected chi connectivity index (χ3v) is 4.42. The number of benzene rings is 2. The Morgan fingerprint density at radius 3 is 2.52 bits per heavy atom. The van der Waals surface area contributed by atoms with E-state index in [0.717, 1.165) is 16.9 Å². The van der Waals surface area contributed by atoms with E-state index in [9.17, 15) is 14.0 Å². The number of aromatic nitrogens is 1. The highest BCUT2D eigenvalue weighted by Gasteiger charge is 2.13. The molecule has 3 aromatic rings. The fourth-order valence-electron chi connectivity index (χ4n) is 2.28. The first-order valence-electron chi connectivity index (χ1n) is 8.08. The normalized spacial score (nSPS) is 10.3. The lowest BCUT2D eigenvalue weighted by Crippen LogP contribution is -2.19. The lowest BCUT2D eigenvalue weighted by atomic mass is 10.2. The molecule has 27 heavy (non-hydrogen) atoms. The molecule has 2 aromatic carbocycles. The largest absolute Gasteiger partial charge is 0.325 e. The predicted molar refractivity (Wildman–Crippen MR) is 105 cm³/mol. The Kier molecular flexibility index (Phi) is 5.46. The van der Waals surface area contributed by atoms with Gasteiger partial charge in [0.15, 0.2) is 5.13 Å². The van der Waals surface area contributed by atoms with Gasteiger partial charge in [-0.2, -0.15) is 0 Å². The van der Waals surface area contributed by atoms with Crippen LogP contribution in [0.5, 0.6) is 0 Å². The zero-order chi connectivity index (χ0) is 19.4. The molecule has 0 fully saturated rings. The number of rotatable bonds is 4. The minimum atomic E-state index is -0.485. The van der Waals surface area contributed by atoms with E-state index in [-0.39, 0.29) is 10.8 Å². The van der Waals surface area contributed by atoms with Crippen LogP contribution in [0.3, 0.4) is 0 Å². The molecule has 0 unspecified atom stereocenters. The zero-order valence-corrected chi connectivity index (χ0v) is 15.5. The van der Waals surface area contributed by atoms with Crippen LogP contribution < -0.4 is 16.0 Å². The second-order valence-electron chi connectivity index (χ2n) is 5.90. The van der Waals surface area contributed by atoms with Gasteiger partial charge in [0.05, 0.1) is 0 Å². The van der Waals surface area contributed by atoms with Crippen LogP contribution in [0.25, 0.3) is 0 Å². The van der Waals surface area contributed by atoms with Crippen molar-refractivity contribution in [1.29, 1.82) is 0 Å². The molecule has 138 valence electrons. The first kappa shape index (κ1) is 18.5. The highest BCUT2D eigenvalue weighted by molar-refractivity contribution is 7.14. The molecule has 0 saturated carbocycles. The molecule has 3 N–H and O–H groups in total. The Hall–Kier alpha value is -3.26. The van der Waals surface area contributed by atoms with E-state index >= 15 is 0 Å². The van der Waals surface area contributed by atoms with Crippen LogP contribution >= 0.6 is 11.3 Å². The van der Waals surface area contributed by atoms with Crippen LogP contribution in [-0.2, 0) is 0 Å². The molecule has 0 radical (unpaired) electrons. The number of nitrogens with zero attached hydrogens (tertiary/aromatic N) is 1. The van der Waals surface area contributed by atoms with Crippen LogP contribution in [0.4, 0.5) is 25.7 Å². The smallest absolute Gasteiger partial charge is 0.321 e. The average molecular weight is 384 g/mol. The molecule has 1 heterocycles. The van der Waals surface area contributed by atoms with Gasteiger partial charge >= 0.3 is 6.03 Å². The van der Waals surface area contributed by atoms with E-state index < -0.39 is 17.8 Å². The summed E-state index contributed by atoms with van der Waals surface area (Å²) in [6.07, 6.45) is 0. The number of aryl methyl sites for hydroxylation is 2. The van der Waals surface area contributed by atoms with Crippen molar-refractivity contribution in [3.63, 3.8) is 0 Å². The maximum absolute atomic E-state index is 13.6. The van der Waals surface area contributed by atoms with E-state index in [0.29, 0.717) is 16.9 Å². The number of thiazole rings is 1. The first-order valence-corrected chi connectivity index (χ1v) is 8.96. The van der Waals surface area contributed by atoms with Crippen LogP contribution in [0.2, 0.25) is 0 Å². The summed E-state index contributed by atoms with van der Waals surface area (Å²) in [6, 6.07) is 11.3. The van der Waals surface area contributed by atoms with Crippen molar-refractivity contribution in [2.45, 2.75) is 13.8 Å². The number of carbonyl (C=O) groups is 2. The van der Waals surface area contributed by atoms with Crippen LogP contribution in [0.15, 0.2) is 47.8 Å². The van der Waals surface area contributed by atoms with Crippen molar-refractivity contribution in [2.24, 2.45) is 0 Å². The monoisotopic (exact) mass is 384 g/mol. The summed E-state index contributed by atoms with van der Waals surface area (Å²) in [4.78, 5) is 28.3. The maximum atomic E-state index is 13.6. The minimum absolute atomic E-state index is 0.131. The lowest BCUT2D eigenvalue weighted by Gasteiger charge is -2.06. The quantitative estimate of drug-likeness (QED) is 0.604. The predicted octanol–water partition coefficient (Wildman–Crippen LogP) is 4.80. The average Bonchev–Trinajstić information content (AvgIpc) is 3.06. The summed E-state index contributed by atoms with van der Waals surface area (Å²) in [7, 11) is 0. The molecule has 0 saturated heterocycles. The van der Waals surface area contributed by atoms with Crippen LogP contribution in [-0.4, -0.2) is 16.9 Å². The van der Waals surface area contributed by atoms with Gasteiger partial charge in [-0.25, -0.2) is 14.2 Å². The summed E-state index contributed by atoms with van der Waals surface area (Å²) >= 11 is 1.12. The van der Waals surface area contributed by atoms with E-state index in [1.54, 1.807) is 25.1 Å². The molecule has 0 aliphatic rings. The number of hydrogen-bond donors (Lipinski definition) is 3. The van der Waals surface area contributed by atoms with Gasteiger partial charge in [0.2, 0.25) is 0 Å². The van der Waals surface area contributed by atoms with Gasteiger partial charge in [-0.05, 0) is 49.2 Å². The van der Waals surface area contributed by atoms with Crippen molar-refractivity contribution in [3.05, 3.63) is 70.5 Å². The summed E-state index contributed by atoms with van der Waals surface area (Å²) in [5, 5.41) is 9.65. The summed E-state index contributed by atoms with van der Waals surface area (Å²) < 4.78 is 13.6. The number of anilines is 3. The molecule has 0 spiro atoms. The van der Waals surface area contributed by atoms with Crippen molar-refractivity contribution in [1.82, 2.24) is 4.98 Å². The first-order chi connectivity index (χ1) is 12.9. The molecule has 8 heteroatoms. The third kappa shape index (κ3) is 4.89. The summed E-state index contributed by atoms with van der Waals surface area (Å²) in [6.45, 7) is 3.57. The van der Waals surface area contributed by atoms with Gasteiger partial charge in [-0.1, -0.05) is 18.2 Å². The third-order valence-electron chi connectivity index (χ3n) is 3.66.